The summed E-state index contributed by atoms with van der Waals surface area (Å²) in [5.74, 6) is 2.85. The molecule has 0 saturated heterocycles. The number of pyridine rings is 2. The number of anilines is 4. The Kier molecular flexibility index (Phi) is 21.7. The first-order valence-corrected chi connectivity index (χ1v) is 41.9. The predicted molar refractivity (Wildman–Crippen MR) is 384 cm³/mol. The van der Waals surface area contributed by atoms with E-state index in [1.54, 1.807) is 19.3 Å². The molecule has 16 nitrogen and oxygen atoms in total. The van der Waals surface area contributed by atoms with Crippen LogP contribution in [0.2, 0.25) is 13.3 Å². The number of carbonyl (C=O) groups excluding carboxylic acids is 3. The first kappa shape index (κ1) is 69.1. The molecule has 0 radical (unpaired) electrons. The normalized spacial score (nSPS) is 14.4. The number of halogens is 1. The Balaban J connectivity index is 0.000000165. The SMILES string of the molecule is C=[C](OCC)[Sn]([CH2]CCC)([CH2]CCC)[CH2]CCC.CC(=O)c1nc2n(c1-c1ccc(C3(NC(=O)OC(C)(C)C)CCC3)cc1)-c1cccnc1Nc1ccccc1-2.CC(C)(C)OC(=O)NC1(c2ccc(-c3c(Br)nc4n3-c3cccnc3Nc3ccccc3-4)cc2)CCC1. The molecule has 0 bridgehead atoms. The van der Waals surface area contributed by atoms with Gasteiger partial charge in [-0.3, -0.25) is 13.9 Å². The predicted octanol–water partition coefficient (Wildman–Crippen LogP) is 20.0. The Labute approximate surface area is 567 Å². The van der Waals surface area contributed by atoms with E-state index in [0.29, 0.717) is 23.0 Å². The van der Waals surface area contributed by atoms with Gasteiger partial charge in [0.25, 0.3) is 0 Å². The zero-order chi connectivity index (χ0) is 67.0. The maximum Gasteiger partial charge on any atom is 0.408 e. The number of aromatic nitrogens is 6. The molecular formula is C76H93BrN10O6Sn. The molecule has 2 aliphatic carbocycles. The van der Waals surface area contributed by atoms with E-state index in [2.05, 4.69) is 116 Å². The number of alkyl carbamates (subject to hydrolysis) is 2. The van der Waals surface area contributed by atoms with Gasteiger partial charge in [0.2, 0.25) is 0 Å². The molecule has 12 rings (SSSR count). The second-order valence-corrected chi connectivity index (χ2v) is 41.2. The van der Waals surface area contributed by atoms with Gasteiger partial charge in [-0.2, -0.15) is 0 Å². The van der Waals surface area contributed by atoms with Crippen molar-refractivity contribution in [3.05, 3.63) is 165 Å². The summed E-state index contributed by atoms with van der Waals surface area (Å²) >= 11 is 1.50. The van der Waals surface area contributed by atoms with Crippen LogP contribution >= 0.6 is 15.9 Å². The van der Waals surface area contributed by atoms with Crippen LogP contribution in [0.3, 0.4) is 0 Å². The molecule has 2 saturated carbocycles. The number of ketones is 1. The first-order chi connectivity index (χ1) is 45.1. The molecule has 6 heterocycles. The number of unbranched alkanes of at least 4 members (excludes halogenated alkanes) is 3. The number of carbonyl (C=O) groups is 3. The van der Waals surface area contributed by atoms with Crippen molar-refractivity contribution < 1.29 is 28.6 Å². The fourth-order valence-electron chi connectivity index (χ4n) is 13.2. The summed E-state index contributed by atoms with van der Waals surface area (Å²) in [7, 11) is 0. The van der Waals surface area contributed by atoms with Gasteiger partial charge >= 0.3 is 132 Å². The molecule has 8 aromatic rings. The Bertz CT molecular complexity index is 3980. The number of rotatable bonds is 19. The summed E-state index contributed by atoms with van der Waals surface area (Å²) in [4.78, 5) is 57.1. The number of benzene rings is 4. The minimum atomic E-state index is -2.24. The van der Waals surface area contributed by atoms with Gasteiger partial charge in [-0.15, -0.1) is 0 Å². The van der Waals surface area contributed by atoms with E-state index >= 15 is 0 Å². The van der Waals surface area contributed by atoms with Crippen molar-refractivity contribution in [1.82, 2.24) is 39.7 Å². The van der Waals surface area contributed by atoms with Crippen LogP contribution in [-0.2, 0) is 25.3 Å². The van der Waals surface area contributed by atoms with Gasteiger partial charge in [-0.25, -0.2) is 29.5 Å². The number of nitrogens with zero attached hydrogens (tertiary/aromatic N) is 6. The Hall–Kier alpha value is -7.77. The second-order valence-electron chi connectivity index (χ2n) is 27.2. The standard InChI is InChI=1S/C31H31N5O3.C29H28BrN5O2.C4H7O.3C4H9.Sn/c1-19(37)25-26(20-12-14-21(15-13-20)31(16-8-17-31)35-29(38)39-30(2,3)4)36-24-11-7-18-32-27(24)33-23-10-6-5-9-22(23)28(36)34-25;1-28(2,3)37-27(36)34-29(15-7-16-29)19-13-11-18(12-14-19)23-24(30)33-26-20-8-4-5-9-21(20)32-25-22(35(23)26)10-6-17-31-25;1-3-5-4-2;3*1-3-4-2;/h5-7,9-15,18H,8,16-17H2,1-4H3,(H,32,33)(H,35,38);4-6,8-14,17H,7,15-16H2,1-3H3,(H,31,32)(H,34,36);1,4H2,2H3;3*1,3-4H2,2H3;. The Morgan fingerprint density at radius 3 is 1.39 bits per heavy atom. The number of para-hydroxylation sites is 2. The third-order valence-electron chi connectivity index (χ3n) is 18.2. The average Bonchev–Trinajstić information content (AvgIpc) is 1.54. The molecule has 4 aromatic heterocycles. The smallest absolute Gasteiger partial charge is 0.408 e. The van der Waals surface area contributed by atoms with Gasteiger partial charge in [0.05, 0.1) is 45.2 Å². The maximum absolute atomic E-state index is 12.9. The van der Waals surface area contributed by atoms with E-state index in [1.807, 2.05) is 137 Å². The number of fused-ring (bicyclic) bond motifs is 10. The van der Waals surface area contributed by atoms with Crippen LogP contribution in [0.4, 0.5) is 32.6 Å². The number of ether oxygens (including phenoxy) is 3. The Morgan fingerprint density at radius 1 is 0.585 bits per heavy atom. The molecule has 2 fully saturated rings. The van der Waals surface area contributed by atoms with E-state index in [9.17, 15) is 14.4 Å². The molecule has 94 heavy (non-hydrogen) atoms. The van der Waals surface area contributed by atoms with Crippen molar-refractivity contribution in [2.24, 2.45) is 0 Å². The van der Waals surface area contributed by atoms with Gasteiger partial charge in [0, 0.05) is 41.6 Å². The van der Waals surface area contributed by atoms with E-state index < -0.39 is 46.8 Å². The van der Waals surface area contributed by atoms with Gasteiger partial charge < -0.3 is 30.7 Å². The number of hydrogen-bond donors (Lipinski definition) is 4. The summed E-state index contributed by atoms with van der Waals surface area (Å²) in [6, 6.07) is 40.3. The van der Waals surface area contributed by atoms with Crippen molar-refractivity contribution in [2.45, 2.75) is 189 Å². The molecule has 0 spiro atoms. The Morgan fingerprint density at radius 2 is 1.00 bits per heavy atom. The molecule has 18 heteroatoms. The number of imidazole rings is 2. The fourth-order valence-corrected chi connectivity index (χ4v) is 28.4. The molecule has 2 amide bonds. The first-order valence-electron chi connectivity index (χ1n) is 33.7. The van der Waals surface area contributed by atoms with Gasteiger partial charge in [0.1, 0.15) is 33.1 Å². The zero-order valence-electron chi connectivity index (χ0n) is 56.7. The van der Waals surface area contributed by atoms with E-state index in [1.165, 1.54) is 55.6 Å². The van der Waals surface area contributed by atoms with Crippen molar-refractivity contribution in [3.63, 3.8) is 0 Å². The van der Waals surface area contributed by atoms with Crippen LogP contribution in [0.5, 0.6) is 0 Å². The summed E-state index contributed by atoms with van der Waals surface area (Å²) in [5.41, 5.74) is 9.48. The second kappa shape index (κ2) is 29.5. The number of amides is 2. The van der Waals surface area contributed by atoms with Crippen LogP contribution < -0.4 is 21.3 Å². The minimum Gasteiger partial charge on any atom is -0.444 e. The van der Waals surface area contributed by atoms with E-state index in [4.69, 9.17) is 24.2 Å². The van der Waals surface area contributed by atoms with E-state index in [0.717, 1.165) is 123 Å². The molecular weight excluding hydrogens is 1350 g/mol. The molecule has 494 valence electrons. The molecule has 0 unspecified atom stereocenters. The largest absolute Gasteiger partial charge is 0.444 e. The molecule has 2 aliphatic heterocycles. The van der Waals surface area contributed by atoms with Crippen LogP contribution in [0.15, 0.2) is 149 Å². The zero-order valence-corrected chi connectivity index (χ0v) is 61.2. The molecule has 4 aliphatic rings. The summed E-state index contributed by atoms with van der Waals surface area (Å²) < 4.78 is 27.6. The number of nitrogens with one attached hydrogen (secondary N) is 4. The van der Waals surface area contributed by atoms with Crippen molar-refractivity contribution in [3.8, 4) is 56.7 Å². The van der Waals surface area contributed by atoms with Crippen molar-refractivity contribution in [2.75, 3.05) is 17.2 Å². The van der Waals surface area contributed by atoms with E-state index in [-0.39, 0.29) is 11.9 Å². The van der Waals surface area contributed by atoms with Gasteiger partial charge in [-0.1, -0.05) is 72.8 Å². The minimum absolute atomic E-state index is 0.118. The summed E-state index contributed by atoms with van der Waals surface area (Å²) in [5, 5.41) is 13.2. The third kappa shape index (κ3) is 15.2. The number of Topliss-reactive ketones (excluding diaryl/α,β-unsaturated/α-hetero) is 1. The van der Waals surface area contributed by atoms with Crippen LogP contribution in [0, 0.1) is 0 Å². The van der Waals surface area contributed by atoms with Gasteiger partial charge in [0.15, 0.2) is 17.4 Å². The quantitative estimate of drug-likeness (QED) is 0.0341. The summed E-state index contributed by atoms with van der Waals surface area (Å²) in [6.07, 6.45) is 16.4. The van der Waals surface area contributed by atoms with Gasteiger partial charge in [-0.05, 0) is 156 Å². The third-order valence-corrected chi connectivity index (χ3v) is 33.8. The molecule has 0 atom stereocenters. The average molecular weight is 1440 g/mol. The monoisotopic (exact) mass is 1440 g/mol. The van der Waals surface area contributed by atoms with Crippen LogP contribution in [0.25, 0.3) is 56.7 Å². The molecule has 4 N–H and O–H groups in total. The maximum atomic E-state index is 12.9. The van der Waals surface area contributed by atoms with Crippen molar-refractivity contribution in [1.29, 1.82) is 0 Å². The van der Waals surface area contributed by atoms with Crippen LogP contribution in [0.1, 0.15) is 175 Å². The number of hydrogen-bond acceptors (Lipinski definition) is 12. The van der Waals surface area contributed by atoms with Crippen LogP contribution in [-0.4, -0.2) is 83.2 Å². The fraction of sp³-hybridized carbons (Fsp3) is 0.408. The van der Waals surface area contributed by atoms with Crippen molar-refractivity contribution >= 4 is 75.3 Å². The molecule has 4 aromatic carbocycles. The summed E-state index contributed by atoms with van der Waals surface area (Å²) in [6.45, 7) is 26.9. The topological polar surface area (TPSA) is 188 Å².